The summed E-state index contributed by atoms with van der Waals surface area (Å²) < 4.78 is 45.3. The molecule has 7 heteroatoms. The number of fused-ring (bicyclic) bond motifs is 1. The summed E-state index contributed by atoms with van der Waals surface area (Å²) in [5, 5.41) is -0.140. The molecule has 1 aromatic carbocycles. The molecule has 27 heavy (non-hydrogen) atoms. The van der Waals surface area contributed by atoms with Gasteiger partial charge in [0.1, 0.15) is 5.58 Å². The monoisotopic (exact) mass is 382 g/mol. The van der Waals surface area contributed by atoms with E-state index >= 15 is 0 Å². The number of nitrogens with zero attached hydrogens (tertiary/aromatic N) is 1. The molecule has 0 spiro atoms. The fraction of sp³-hybridized carbons (Fsp3) is 0.400. The van der Waals surface area contributed by atoms with Gasteiger partial charge in [-0.3, -0.25) is 9.79 Å². The number of hydrogen-bond acceptors (Lipinski definition) is 4. The van der Waals surface area contributed by atoms with E-state index in [1.54, 1.807) is 19.1 Å². The van der Waals surface area contributed by atoms with Gasteiger partial charge in [-0.05, 0) is 39.0 Å². The van der Waals surface area contributed by atoms with E-state index in [2.05, 4.69) is 4.99 Å². The third kappa shape index (κ3) is 4.66. The van der Waals surface area contributed by atoms with Crippen molar-refractivity contribution in [2.75, 3.05) is 7.05 Å². The van der Waals surface area contributed by atoms with Crippen LogP contribution >= 0.6 is 0 Å². The van der Waals surface area contributed by atoms with Crippen LogP contribution in [0.3, 0.4) is 0 Å². The minimum Gasteiger partial charge on any atom is -0.454 e. The standard InChI is InChI=1S/C18H19F3N2O2.C2H6/c1-5-6-14(23-4)16-9(2)15(24)13-8-11(18(19,20)21)7-12(10(3)22)17(13)25-16;1-2/h5-8,10H,22H2,1-4H3;1-2H3/b6-5-,23-14?;. The van der Waals surface area contributed by atoms with Crippen molar-refractivity contribution in [2.45, 2.75) is 46.8 Å². The van der Waals surface area contributed by atoms with E-state index in [1.807, 2.05) is 13.8 Å². The number of halogens is 3. The molecule has 0 amide bonds. The van der Waals surface area contributed by atoms with Gasteiger partial charge in [0.15, 0.2) is 11.2 Å². The average molecular weight is 382 g/mol. The molecule has 4 nitrogen and oxygen atoms in total. The summed E-state index contributed by atoms with van der Waals surface area (Å²) in [6, 6.07) is 0.989. The summed E-state index contributed by atoms with van der Waals surface area (Å²) in [5.41, 5.74) is 5.17. The SMILES string of the molecule is C/C=C\C(=NC)c1oc2c(C(C)N)cc(C(F)(F)F)cc2c(=O)c1C.CC. The van der Waals surface area contributed by atoms with Gasteiger partial charge in [-0.2, -0.15) is 13.2 Å². The second-order valence-electron chi connectivity index (χ2n) is 5.72. The highest BCUT2D eigenvalue weighted by Crippen LogP contribution is 2.34. The number of alkyl halides is 3. The number of nitrogens with two attached hydrogens (primary N) is 1. The molecule has 1 heterocycles. The predicted octanol–water partition coefficient (Wildman–Crippen LogP) is 5.16. The van der Waals surface area contributed by atoms with Crippen molar-refractivity contribution < 1.29 is 17.6 Å². The fourth-order valence-electron chi connectivity index (χ4n) is 2.57. The summed E-state index contributed by atoms with van der Waals surface area (Å²) in [7, 11) is 1.54. The molecule has 1 aromatic heterocycles. The molecule has 0 aliphatic rings. The first-order valence-corrected chi connectivity index (χ1v) is 8.65. The zero-order valence-corrected chi connectivity index (χ0v) is 16.4. The number of benzene rings is 1. The van der Waals surface area contributed by atoms with Crippen LogP contribution in [-0.4, -0.2) is 12.8 Å². The Labute approximate surface area is 156 Å². The molecule has 2 rings (SSSR count). The van der Waals surface area contributed by atoms with E-state index in [0.29, 0.717) is 5.71 Å². The van der Waals surface area contributed by atoms with Gasteiger partial charge in [-0.1, -0.05) is 19.9 Å². The zero-order valence-electron chi connectivity index (χ0n) is 16.4. The predicted molar refractivity (Wildman–Crippen MR) is 103 cm³/mol. The molecule has 1 atom stereocenters. The quantitative estimate of drug-likeness (QED) is 0.746. The smallest absolute Gasteiger partial charge is 0.416 e. The Morgan fingerprint density at radius 3 is 2.33 bits per heavy atom. The van der Waals surface area contributed by atoms with Gasteiger partial charge in [0, 0.05) is 24.2 Å². The average Bonchev–Trinajstić information content (AvgIpc) is 2.62. The summed E-state index contributed by atoms with van der Waals surface area (Å²) in [6.45, 7) is 8.82. The maximum Gasteiger partial charge on any atom is 0.416 e. The Morgan fingerprint density at radius 1 is 1.30 bits per heavy atom. The molecule has 148 valence electrons. The van der Waals surface area contributed by atoms with Gasteiger partial charge in [-0.15, -0.1) is 0 Å². The highest BCUT2D eigenvalue weighted by atomic mass is 19.4. The molecule has 0 saturated heterocycles. The maximum absolute atomic E-state index is 13.2. The Balaban J connectivity index is 0.00000176. The zero-order chi connectivity index (χ0) is 20.9. The van der Waals surface area contributed by atoms with Crippen LogP contribution in [0.2, 0.25) is 0 Å². The summed E-state index contributed by atoms with van der Waals surface area (Å²) in [5.74, 6) is 0.222. The molecule has 0 aliphatic heterocycles. The molecule has 0 radical (unpaired) electrons. The van der Waals surface area contributed by atoms with Crippen LogP contribution in [0.5, 0.6) is 0 Å². The highest BCUT2D eigenvalue weighted by Gasteiger charge is 2.33. The van der Waals surface area contributed by atoms with Gasteiger partial charge in [-0.25, -0.2) is 0 Å². The largest absolute Gasteiger partial charge is 0.454 e. The lowest BCUT2D eigenvalue weighted by Gasteiger charge is -2.15. The van der Waals surface area contributed by atoms with Crippen molar-refractivity contribution in [2.24, 2.45) is 10.7 Å². The maximum atomic E-state index is 13.2. The number of aliphatic imine (C=N–C) groups is 1. The minimum absolute atomic E-state index is 0.0549. The first kappa shape index (κ1) is 22.6. The van der Waals surface area contributed by atoms with Gasteiger partial charge in [0.05, 0.1) is 16.7 Å². The fourth-order valence-corrected chi connectivity index (χ4v) is 2.57. The number of hydrogen-bond donors (Lipinski definition) is 1. The normalized spacial score (nSPS) is 13.6. The number of rotatable bonds is 3. The van der Waals surface area contributed by atoms with Crippen LogP contribution in [0.25, 0.3) is 11.0 Å². The lowest BCUT2D eigenvalue weighted by molar-refractivity contribution is -0.137. The first-order valence-electron chi connectivity index (χ1n) is 8.65. The molecular weight excluding hydrogens is 357 g/mol. The second kappa shape index (κ2) is 8.99. The summed E-state index contributed by atoms with van der Waals surface area (Å²) >= 11 is 0. The summed E-state index contributed by atoms with van der Waals surface area (Å²) in [4.78, 5) is 16.8. The van der Waals surface area contributed by atoms with E-state index in [0.717, 1.165) is 12.1 Å². The Bertz CT molecular complexity index is 923. The molecule has 0 fully saturated rings. The third-order valence-corrected chi connectivity index (χ3v) is 3.86. The lowest BCUT2D eigenvalue weighted by atomic mass is 9.99. The third-order valence-electron chi connectivity index (χ3n) is 3.86. The van der Waals surface area contributed by atoms with Gasteiger partial charge >= 0.3 is 6.18 Å². The lowest BCUT2D eigenvalue weighted by Crippen LogP contribution is -2.17. The topological polar surface area (TPSA) is 68.6 Å². The molecule has 0 aliphatic carbocycles. The van der Waals surface area contributed by atoms with Crippen molar-refractivity contribution in [3.63, 3.8) is 0 Å². The van der Waals surface area contributed by atoms with Crippen molar-refractivity contribution >= 4 is 16.7 Å². The molecule has 2 aromatic rings. The minimum atomic E-state index is -4.59. The van der Waals surface area contributed by atoms with Crippen LogP contribution in [0.15, 0.2) is 38.5 Å². The molecular formula is C20H25F3N2O2. The van der Waals surface area contributed by atoms with Crippen LogP contribution in [-0.2, 0) is 6.18 Å². The van der Waals surface area contributed by atoms with E-state index < -0.39 is 23.2 Å². The molecule has 0 bridgehead atoms. The van der Waals surface area contributed by atoms with E-state index in [4.69, 9.17) is 10.2 Å². The Kier molecular flexibility index (Phi) is 7.54. The van der Waals surface area contributed by atoms with Crippen LogP contribution < -0.4 is 11.2 Å². The first-order chi connectivity index (χ1) is 12.6. The highest BCUT2D eigenvalue weighted by molar-refractivity contribution is 6.08. The van der Waals surface area contributed by atoms with Crippen molar-refractivity contribution in [3.05, 3.63) is 57.0 Å². The number of allylic oxidation sites excluding steroid dienone is 2. The van der Waals surface area contributed by atoms with Gasteiger partial charge in [0.2, 0.25) is 0 Å². The van der Waals surface area contributed by atoms with E-state index in [1.165, 1.54) is 20.9 Å². The Morgan fingerprint density at radius 2 is 1.89 bits per heavy atom. The van der Waals surface area contributed by atoms with Crippen molar-refractivity contribution in [1.29, 1.82) is 0 Å². The van der Waals surface area contributed by atoms with Crippen molar-refractivity contribution in [1.82, 2.24) is 0 Å². The van der Waals surface area contributed by atoms with E-state index in [-0.39, 0.29) is 27.9 Å². The Hall–Kier alpha value is -2.41. The van der Waals surface area contributed by atoms with E-state index in [9.17, 15) is 18.0 Å². The van der Waals surface area contributed by atoms with Crippen LogP contribution in [0.1, 0.15) is 56.2 Å². The van der Waals surface area contributed by atoms with Gasteiger partial charge < -0.3 is 10.2 Å². The van der Waals surface area contributed by atoms with Gasteiger partial charge in [0.25, 0.3) is 0 Å². The molecule has 0 saturated carbocycles. The summed E-state index contributed by atoms with van der Waals surface area (Å²) in [6.07, 6.45) is -1.20. The second-order valence-corrected chi connectivity index (χ2v) is 5.72. The molecule has 1 unspecified atom stereocenters. The molecule has 2 N–H and O–H groups in total. The van der Waals surface area contributed by atoms with Crippen LogP contribution in [0.4, 0.5) is 13.2 Å². The van der Waals surface area contributed by atoms with Crippen molar-refractivity contribution in [3.8, 4) is 0 Å². The van der Waals surface area contributed by atoms with Crippen LogP contribution in [0, 0.1) is 6.92 Å².